The van der Waals surface area contributed by atoms with Crippen LogP contribution in [0.3, 0.4) is 0 Å². The number of pyridine rings is 2. The largest absolute Gasteiger partial charge is 0.352 e. The molecule has 0 saturated heterocycles. The molecule has 1 aliphatic rings. The topological polar surface area (TPSA) is 59.7 Å². The van der Waals surface area contributed by atoms with Crippen LogP contribution in [0, 0.1) is 5.95 Å². The number of rotatable bonds is 3. The molecule has 3 aromatic heterocycles. The lowest BCUT2D eigenvalue weighted by Gasteiger charge is -2.28. The van der Waals surface area contributed by atoms with Gasteiger partial charge in [-0.15, -0.1) is 10.2 Å². The van der Waals surface area contributed by atoms with Crippen molar-refractivity contribution in [3.8, 4) is 11.1 Å². The second-order valence-electron chi connectivity index (χ2n) is 5.93. The summed E-state index contributed by atoms with van der Waals surface area (Å²) in [6, 6.07) is 6.97. The Morgan fingerprint density at radius 3 is 2.76 bits per heavy atom. The lowest BCUT2D eigenvalue weighted by molar-refractivity contribution is 0.584. The molecule has 0 N–H and O–H groups in total. The highest BCUT2D eigenvalue weighted by Crippen LogP contribution is 2.31. The van der Waals surface area contributed by atoms with E-state index in [9.17, 15) is 4.39 Å². The maximum atomic E-state index is 13.1. The highest BCUT2D eigenvalue weighted by molar-refractivity contribution is 5.76. The van der Waals surface area contributed by atoms with Gasteiger partial charge in [0, 0.05) is 43.7 Å². The predicted molar refractivity (Wildman–Crippen MR) is 93.2 cm³/mol. The van der Waals surface area contributed by atoms with Gasteiger partial charge in [-0.2, -0.15) is 4.39 Å². The molecule has 7 heteroatoms. The van der Waals surface area contributed by atoms with Gasteiger partial charge in [0.25, 0.3) is 0 Å². The fourth-order valence-electron chi connectivity index (χ4n) is 3.05. The summed E-state index contributed by atoms with van der Waals surface area (Å²) in [6.07, 6.45) is 8.05. The van der Waals surface area contributed by atoms with E-state index in [1.54, 1.807) is 24.8 Å². The van der Waals surface area contributed by atoms with Crippen LogP contribution >= 0.6 is 0 Å². The summed E-state index contributed by atoms with van der Waals surface area (Å²) >= 11 is 0. The van der Waals surface area contributed by atoms with Crippen LogP contribution in [0.5, 0.6) is 0 Å². The standard InChI is InChI=1S/C18H17FN6/c1-24-12-22-23-17(24)13-6-9-25(10-7-13)18-15(3-2-8-20-18)14-4-5-16(19)21-11-14/h2-6,8,11-12H,7,9-10H2,1H3. The smallest absolute Gasteiger partial charge is 0.212 e. The summed E-state index contributed by atoms with van der Waals surface area (Å²) in [6.45, 7) is 1.57. The van der Waals surface area contributed by atoms with E-state index < -0.39 is 5.95 Å². The van der Waals surface area contributed by atoms with Crippen molar-refractivity contribution in [2.24, 2.45) is 7.05 Å². The number of aromatic nitrogens is 5. The Hall–Kier alpha value is -3.09. The van der Waals surface area contributed by atoms with Gasteiger partial charge in [0.2, 0.25) is 5.95 Å². The number of nitrogens with zero attached hydrogens (tertiary/aromatic N) is 6. The molecule has 0 bridgehead atoms. The van der Waals surface area contributed by atoms with E-state index in [0.29, 0.717) is 0 Å². The molecule has 4 heterocycles. The van der Waals surface area contributed by atoms with Gasteiger partial charge in [0.05, 0.1) is 0 Å². The van der Waals surface area contributed by atoms with Gasteiger partial charge in [0.15, 0.2) is 5.82 Å². The van der Waals surface area contributed by atoms with E-state index in [0.717, 1.165) is 42.3 Å². The third-order valence-corrected chi connectivity index (χ3v) is 4.33. The number of anilines is 1. The molecule has 3 aromatic rings. The maximum Gasteiger partial charge on any atom is 0.212 e. The zero-order valence-electron chi connectivity index (χ0n) is 13.8. The van der Waals surface area contributed by atoms with Crippen molar-refractivity contribution in [1.29, 1.82) is 0 Å². The minimum Gasteiger partial charge on any atom is -0.352 e. The van der Waals surface area contributed by atoms with Crippen LogP contribution in [-0.4, -0.2) is 37.8 Å². The Balaban J connectivity index is 1.63. The Kier molecular flexibility index (Phi) is 3.97. The second kappa shape index (κ2) is 6.43. The van der Waals surface area contributed by atoms with Crippen LogP contribution in [0.2, 0.25) is 0 Å². The van der Waals surface area contributed by atoms with Gasteiger partial charge >= 0.3 is 0 Å². The lowest BCUT2D eigenvalue weighted by atomic mass is 10.0. The quantitative estimate of drug-likeness (QED) is 0.688. The normalized spacial score (nSPS) is 14.5. The van der Waals surface area contributed by atoms with Crippen LogP contribution < -0.4 is 4.90 Å². The van der Waals surface area contributed by atoms with Crippen LogP contribution in [0.1, 0.15) is 12.2 Å². The van der Waals surface area contributed by atoms with Crippen LogP contribution in [0.4, 0.5) is 10.2 Å². The van der Waals surface area contributed by atoms with Crippen molar-refractivity contribution in [2.45, 2.75) is 6.42 Å². The number of halogens is 1. The minimum absolute atomic E-state index is 0.483. The molecule has 0 amide bonds. The first-order valence-corrected chi connectivity index (χ1v) is 8.07. The Bertz CT molecular complexity index is 915. The van der Waals surface area contributed by atoms with Crippen molar-refractivity contribution in [1.82, 2.24) is 24.7 Å². The zero-order valence-corrected chi connectivity index (χ0v) is 13.8. The van der Waals surface area contributed by atoms with Gasteiger partial charge in [0.1, 0.15) is 12.1 Å². The van der Waals surface area contributed by atoms with E-state index >= 15 is 0 Å². The fraction of sp³-hybridized carbons (Fsp3) is 0.222. The van der Waals surface area contributed by atoms with E-state index in [4.69, 9.17) is 0 Å². The number of aryl methyl sites for hydroxylation is 1. The van der Waals surface area contributed by atoms with Crippen molar-refractivity contribution >= 4 is 11.4 Å². The van der Waals surface area contributed by atoms with Crippen LogP contribution in [-0.2, 0) is 7.05 Å². The van der Waals surface area contributed by atoms with E-state index in [1.165, 1.54) is 11.6 Å². The van der Waals surface area contributed by atoms with Crippen molar-refractivity contribution in [3.05, 3.63) is 60.8 Å². The van der Waals surface area contributed by atoms with E-state index in [1.807, 2.05) is 23.7 Å². The summed E-state index contributed by atoms with van der Waals surface area (Å²) in [5.74, 6) is 1.30. The molecule has 0 fully saturated rings. The summed E-state index contributed by atoms with van der Waals surface area (Å²) < 4.78 is 15.0. The molecule has 126 valence electrons. The molecule has 4 rings (SSSR count). The van der Waals surface area contributed by atoms with E-state index in [2.05, 4.69) is 31.1 Å². The number of hydrogen-bond donors (Lipinski definition) is 0. The SMILES string of the molecule is Cn1cnnc1C1=CCN(c2ncccc2-c2ccc(F)nc2)CC1. The molecule has 1 aliphatic heterocycles. The van der Waals surface area contributed by atoms with Crippen LogP contribution in [0.15, 0.2) is 49.1 Å². The average Bonchev–Trinajstić information content (AvgIpc) is 3.09. The third-order valence-electron chi connectivity index (χ3n) is 4.33. The van der Waals surface area contributed by atoms with Gasteiger partial charge in [-0.3, -0.25) is 0 Å². The predicted octanol–water partition coefficient (Wildman–Crippen LogP) is 2.70. The van der Waals surface area contributed by atoms with E-state index in [-0.39, 0.29) is 0 Å². The molecule has 25 heavy (non-hydrogen) atoms. The van der Waals surface area contributed by atoms with Gasteiger partial charge in [-0.05, 0) is 36.3 Å². The highest BCUT2D eigenvalue weighted by Gasteiger charge is 2.19. The first kappa shape index (κ1) is 15.4. The molecule has 0 unspecified atom stereocenters. The average molecular weight is 336 g/mol. The third kappa shape index (κ3) is 3.00. The molecule has 0 aliphatic carbocycles. The molecular weight excluding hydrogens is 319 g/mol. The number of hydrogen-bond acceptors (Lipinski definition) is 5. The zero-order chi connectivity index (χ0) is 17.2. The Morgan fingerprint density at radius 1 is 1.16 bits per heavy atom. The highest BCUT2D eigenvalue weighted by atomic mass is 19.1. The van der Waals surface area contributed by atoms with Crippen LogP contribution in [0.25, 0.3) is 16.7 Å². The van der Waals surface area contributed by atoms with Crippen molar-refractivity contribution in [3.63, 3.8) is 0 Å². The molecule has 6 nitrogen and oxygen atoms in total. The first-order chi connectivity index (χ1) is 12.2. The summed E-state index contributed by atoms with van der Waals surface area (Å²) in [5.41, 5.74) is 3.00. The summed E-state index contributed by atoms with van der Waals surface area (Å²) in [5, 5.41) is 8.12. The Morgan fingerprint density at radius 2 is 2.08 bits per heavy atom. The molecular formula is C18H17FN6. The maximum absolute atomic E-state index is 13.1. The first-order valence-electron chi connectivity index (χ1n) is 8.07. The summed E-state index contributed by atoms with van der Waals surface area (Å²) in [7, 11) is 1.95. The molecule has 0 spiro atoms. The molecule has 0 radical (unpaired) electrons. The summed E-state index contributed by atoms with van der Waals surface area (Å²) in [4.78, 5) is 10.5. The van der Waals surface area contributed by atoms with Crippen molar-refractivity contribution in [2.75, 3.05) is 18.0 Å². The molecule has 0 aromatic carbocycles. The minimum atomic E-state index is -0.483. The van der Waals surface area contributed by atoms with Gasteiger partial charge in [-0.25, -0.2) is 9.97 Å². The fourth-order valence-corrected chi connectivity index (χ4v) is 3.05. The Labute approximate surface area is 144 Å². The monoisotopic (exact) mass is 336 g/mol. The van der Waals surface area contributed by atoms with Gasteiger partial charge in [-0.1, -0.05) is 6.08 Å². The van der Waals surface area contributed by atoms with Crippen molar-refractivity contribution < 1.29 is 4.39 Å². The lowest BCUT2D eigenvalue weighted by Crippen LogP contribution is -2.29. The molecule has 0 atom stereocenters. The molecule has 0 saturated carbocycles. The second-order valence-corrected chi connectivity index (χ2v) is 5.93. The van der Waals surface area contributed by atoms with Gasteiger partial charge < -0.3 is 9.47 Å².